The van der Waals surface area contributed by atoms with E-state index in [0.29, 0.717) is 12.0 Å². The van der Waals surface area contributed by atoms with Crippen molar-refractivity contribution >= 4 is 21.6 Å². The number of alkyl halides is 1. The van der Waals surface area contributed by atoms with Gasteiger partial charge in [-0.2, -0.15) is 0 Å². The van der Waals surface area contributed by atoms with E-state index in [-0.39, 0.29) is 10.5 Å². The minimum absolute atomic E-state index is 0.0121. The van der Waals surface area contributed by atoms with E-state index in [1.54, 1.807) is 0 Å². The molecule has 0 aliphatic carbocycles. The molecule has 0 heterocycles. The van der Waals surface area contributed by atoms with Crippen LogP contribution in [0.4, 0.5) is 10.1 Å². The summed E-state index contributed by atoms with van der Waals surface area (Å²) in [6.07, 6.45) is 2.37. The summed E-state index contributed by atoms with van der Waals surface area (Å²) in [6, 6.07) is 3.57. The van der Waals surface area contributed by atoms with Crippen LogP contribution in [0.25, 0.3) is 0 Å². The molecule has 0 saturated heterocycles. The molecule has 88 valence electrons. The molecule has 1 unspecified atom stereocenters. The predicted molar refractivity (Wildman–Crippen MR) is 64.4 cm³/mol. The van der Waals surface area contributed by atoms with Crippen LogP contribution in [0.2, 0.25) is 0 Å². The Morgan fingerprint density at radius 1 is 1.56 bits per heavy atom. The van der Waals surface area contributed by atoms with Gasteiger partial charge in [0.25, 0.3) is 5.69 Å². The second kappa shape index (κ2) is 5.94. The molecule has 1 rings (SSSR count). The van der Waals surface area contributed by atoms with E-state index in [4.69, 9.17) is 0 Å². The summed E-state index contributed by atoms with van der Waals surface area (Å²) in [7, 11) is 0. The number of nitro benzene ring substituents is 1. The lowest BCUT2D eigenvalue weighted by molar-refractivity contribution is -0.385. The molecule has 0 bridgehead atoms. The molecule has 0 N–H and O–H groups in total. The Hall–Kier alpha value is -0.970. The standard InChI is InChI=1S/C11H13BrFNO2/c1-2-3-9(12)6-8-7-10(13)4-5-11(8)14(15)16/h4-5,7,9H,2-3,6H2,1H3. The monoisotopic (exact) mass is 289 g/mol. The zero-order valence-corrected chi connectivity index (χ0v) is 10.5. The maximum Gasteiger partial charge on any atom is 0.272 e. The van der Waals surface area contributed by atoms with Gasteiger partial charge in [0.05, 0.1) is 4.92 Å². The lowest BCUT2D eigenvalue weighted by atomic mass is 10.1. The first-order chi connectivity index (χ1) is 7.54. The molecule has 0 amide bonds. The highest BCUT2D eigenvalue weighted by atomic mass is 79.9. The van der Waals surface area contributed by atoms with Gasteiger partial charge in [-0.1, -0.05) is 29.3 Å². The molecule has 1 aromatic rings. The third-order valence-corrected chi connectivity index (χ3v) is 3.06. The summed E-state index contributed by atoms with van der Waals surface area (Å²) in [5, 5.41) is 10.7. The Morgan fingerprint density at radius 2 is 2.25 bits per heavy atom. The van der Waals surface area contributed by atoms with E-state index in [1.165, 1.54) is 12.1 Å². The van der Waals surface area contributed by atoms with Gasteiger partial charge in [0.2, 0.25) is 0 Å². The van der Waals surface area contributed by atoms with Crippen molar-refractivity contribution in [3.8, 4) is 0 Å². The maximum absolute atomic E-state index is 13.0. The summed E-state index contributed by atoms with van der Waals surface area (Å²) in [5.74, 6) is -0.434. The van der Waals surface area contributed by atoms with E-state index in [0.717, 1.165) is 18.9 Å². The molecule has 1 aromatic carbocycles. The largest absolute Gasteiger partial charge is 0.272 e. The van der Waals surface area contributed by atoms with Gasteiger partial charge < -0.3 is 0 Å². The third kappa shape index (κ3) is 3.56. The van der Waals surface area contributed by atoms with Gasteiger partial charge in [-0.15, -0.1) is 0 Å². The van der Waals surface area contributed by atoms with Gasteiger partial charge in [-0.05, 0) is 25.0 Å². The molecule has 0 saturated carbocycles. The Kier molecular flexibility index (Phi) is 4.86. The number of rotatable bonds is 5. The van der Waals surface area contributed by atoms with Crippen LogP contribution in [0, 0.1) is 15.9 Å². The summed E-state index contributed by atoms with van der Waals surface area (Å²) in [5.41, 5.74) is 0.433. The van der Waals surface area contributed by atoms with Crippen LogP contribution in [-0.4, -0.2) is 9.75 Å². The smallest absolute Gasteiger partial charge is 0.258 e. The van der Waals surface area contributed by atoms with Crippen LogP contribution in [0.5, 0.6) is 0 Å². The van der Waals surface area contributed by atoms with Crippen LogP contribution < -0.4 is 0 Å². The second-order valence-electron chi connectivity index (χ2n) is 3.62. The van der Waals surface area contributed by atoms with Crippen molar-refractivity contribution < 1.29 is 9.31 Å². The highest BCUT2D eigenvalue weighted by Gasteiger charge is 2.16. The van der Waals surface area contributed by atoms with Crippen molar-refractivity contribution in [1.82, 2.24) is 0 Å². The van der Waals surface area contributed by atoms with E-state index in [1.807, 2.05) is 6.92 Å². The van der Waals surface area contributed by atoms with Gasteiger partial charge in [0.15, 0.2) is 0 Å². The third-order valence-electron chi connectivity index (χ3n) is 2.28. The van der Waals surface area contributed by atoms with E-state index in [2.05, 4.69) is 15.9 Å². The van der Waals surface area contributed by atoms with Crippen LogP contribution in [-0.2, 0) is 6.42 Å². The van der Waals surface area contributed by atoms with Gasteiger partial charge in [0, 0.05) is 16.5 Å². The van der Waals surface area contributed by atoms with Crippen molar-refractivity contribution in [2.45, 2.75) is 31.0 Å². The maximum atomic E-state index is 13.0. The number of hydrogen-bond donors (Lipinski definition) is 0. The number of nitrogens with zero attached hydrogens (tertiary/aromatic N) is 1. The molecule has 0 fully saturated rings. The fourth-order valence-corrected chi connectivity index (χ4v) is 2.36. The van der Waals surface area contributed by atoms with E-state index < -0.39 is 10.7 Å². The normalized spacial score (nSPS) is 12.4. The molecule has 0 aromatic heterocycles. The average molecular weight is 290 g/mol. The summed E-state index contributed by atoms with van der Waals surface area (Å²) >= 11 is 3.44. The minimum atomic E-state index is -0.472. The fourth-order valence-electron chi connectivity index (χ4n) is 1.55. The first-order valence-electron chi connectivity index (χ1n) is 5.11. The Morgan fingerprint density at radius 3 is 2.81 bits per heavy atom. The van der Waals surface area contributed by atoms with Crippen molar-refractivity contribution in [2.75, 3.05) is 0 Å². The molecule has 0 aliphatic heterocycles. The molecule has 0 spiro atoms. The van der Waals surface area contributed by atoms with E-state index in [9.17, 15) is 14.5 Å². The molecular formula is C11H13BrFNO2. The molecular weight excluding hydrogens is 277 g/mol. The van der Waals surface area contributed by atoms with Crippen molar-refractivity contribution in [2.24, 2.45) is 0 Å². The molecule has 16 heavy (non-hydrogen) atoms. The quantitative estimate of drug-likeness (QED) is 0.470. The molecule has 0 aliphatic rings. The van der Waals surface area contributed by atoms with Gasteiger partial charge in [0.1, 0.15) is 5.82 Å². The second-order valence-corrected chi connectivity index (χ2v) is 4.92. The van der Waals surface area contributed by atoms with E-state index >= 15 is 0 Å². The molecule has 3 nitrogen and oxygen atoms in total. The first-order valence-corrected chi connectivity index (χ1v) is 6.03. The summed E-state index contributed by atoms with van der Waals surface area (Å²) in [4.78, 5) is 10.4. The van der Waals surface area contributed by atoms with Gasteiger partial charge in [-0.3, -0.25) is 10.1 Å². The van der Waals surface area contributed by atoms with Gasteiger partial charge in [-0.25, -0.2) is 4.39 Å². The number of benzene rings is 1. The first kappa shape index (κ1) is 13.1. The topological polar surface area (TPSA) is 43.1 Å². The lowest BCUT2D eigenvalue weighted by Gasteiger charge is -2.08. The van der Waals surface area contributed by atoms with Crippen LogP contribution in [0.3, 0.4) is 0 Å². The highest BCUT2D eigenvalue weighted by molar-refractivity contribution is 9.09. The predicted octanol–water partition coefficient (Wildman–Crippen LogP) is 3.84. The Labute approximate surface area is 102 Å². The lowest BCUT2D eigenvalue weighted by Crippen LogP contribution is -2.05. The van der Waals surface area contributed by atoms with Crippen molar-refractivity contribution in [1.29, 1.82) is 0 Å². The fraction of sp³-hybridized carbons (Fsp3) is 0.455. The van der Waals surface area contributed by atoms with Crippen LogP contribution >= 0.6 is 15.9 Å². The van der Waals surface area contributed by atoms with Crippen molar-refractivity contribution in [3.63, 3.8) is 0 Å². The number of hydrogen-bond acceptors (Lipinski definition) is 2. The molecule has 5 heteroatoms. The van der Waals surface area contributed by atoms with Crippen LogP contribution in [0.1, 0.15) is 25.3 Å². The minimum Gasteiger partial charge on any atom is -0.258 e. The number of nitro groups is 1. The zero-order chi connectivity index (χ0) is 12.1. The highest BCUT2D eigenvalue weighted by Crippen LogP contribution is 2.24. The SMILES string of the molecule is CCCC(Br)Cc1cc(F)ccc1[N+](=O)[O-]. The molecule has 0 radical (unpaired) electrons. The molecule has 1 atom stereocenters. The zero-order valence-electron chi connectivity index (χ0n) is 8.95. The Bertz CT molecular complexity index is 384. The van der Waals surface area contributed by atoms with Crippen molar-refractivity contribution in [3.05, 3.63) is 39.7 Å². The van der Waals surface area contributed by atoms with Crippen LogP contribution in [0.15, 0.2) is 18.2 Å². The Balaban J connectivity index is 2.92. The summed E-state index contributed by atoms with van der Waals surface area (Å²) < 4.78 is 13.0. The average Bonchev–Trinajstić information content (AvgIpc) is 2.17. The van der Waals surface area contributed by atoms with Gasteiger partial charge >= 0.3 is 0 Å². The summed E-state index contributed by atoms with van der Waals surface area (Å²) in [6.45, 7) is 2.04. The number of halogens is 2.